The first kappa shape index (κ1) is 16.6. The lowest BCUT2D eigenvalue weighted by atomic mass is 9.82. The number of fused-ring (bicyclic) bond motifs is 3. The van der Waals surface area contributed by atoms with E-state index in [1.807, 2.05) is 0 Å². The van der Waals surface area contributed by atoms with Gasteiger partial charge in [0, 0.05) is 17.2 Å². The van der Waals surface area contributed by atoms with Crippen LogP contribution in [-0.2, 0) is 26.4 Å². The van der Waals surface area contributed by atoms with Gasteiger partial charge in [-0.05, 0) is 65.6 Å². The van der Waals surface area contributed by atoms with Crippen LogP contribution < -0.4 is 9.30 Å². The van der Waals surface area contributed by atoms with Crippen molar-refractivity contribution >= 4 is 21.5 Å². The predicted octanol–water partition coefficient (Wildman–Crippen LogP) is 5.81. The number of hydrogen-bond acceptors (Lipinski definition) is 1. The first-order chi connectivity index (χ1) is 14.2. The van der Waals surface area contributed by atoms with E-state index in [-0.39, 0.29) is 0 Å². The van der Waals surface area contributed by atoms with Crippen LogP contribution in [0, 0.1) is 13.5 Å². The Labute approximate surface area is 170 Å². The van der Waals surface area contributed by atoms with Crippen LogP contribution in [0.4, 0.5) is 0 Å². The van der Waals surface area contributed by atoms with Crippen molar-refractivity contribution in [3.63, 3.8) is 0 Å². The Morgan fingerprint density at radius 3 is 2.90 bits per heavy atom. The third-order valence-electron chi connectivity index (χ3n) is 6.58. The van der Waals surface area contributed by atoms with Crippen molar-refractivity contribution < 1.29 is 9.30 Å². The Bertz CT molecular complexity index is 1410. The molecule has 140 valence electrons. The second-order valence-corrected chi connectivity index (χ2v) is 8.25. The molecule has 3 nitrogen and oxygen atoms in total. The molecule has 3 aromatic carbocycles. The zero-order valence-corrected chi connectivity index (χ0v) is 16.7. The Kier molecular flexibility index (Phi) is 3.32. The van der Waals surface area contributed by atoms with E-state index in [0.717, 1.165) is 47.1 Å². The summed E-state index contributed by atoms with van der Waals surface area (Å²) in [7, 11) is 2.12. The van der Waals surface area contributed by atoms with Crippen molar-refractivity contribution in [3.8, 4) is 22.8 Å². The van der Waals surface area contributed by atoms with Gasteiger partial charge >= 0.3 is 0 Å². The summed E-state index contributed by atoms with van der Waals surface area (Å²) in [4.78, 5) is 3.59. The molecule has 0 spiro atoms. The summed E-state index contributed by atoms with van der Waals surface area (Å²) in [6.45, 7) is 9.89. The number of aromatic nitrogens is 1. The van der Waals surface area contributed by atoms with E-state index in [0.29, 0.717) is 6.54 Å². The van der Waals surface area contributed by atoms with Crippen molar-refractivity contribution in [1.82, 2.24) is 0 Å². The molecule has 0 fully saturated rings. The topological polar surface area (TPSA) is 17.5 Å². The van der Waals surface area contributed by atoms with Gasteiger partial charge in [0.2, 0.25) is 12.2 Å². The van der Waals surface area contributed by atoms with Crippen LogP contribution in [0.2, 0.25) is 0 Å². The zero-order chi connectivity index (χ0) is 19.7. The highest BCUT2D eigenvalue weighted by Crippen LogP contribution is 2.52. The van der Waals surface area contributed by atoms with Gasteiger partial charge < -0.3 is 9.58 Å². The molecule has 29 heavy (non-hydrogen) atoms. The minimum atomic E-state index is 0.378. The largest absolute Gasteiger partial charge is 0.455 e. The third-order valence-corrected chi connectivity index (χ3v) is 6.58. The average molecular weight is 377 g/mol. The zero-order valence-electron chi connectivity index (χ0n) is 16.7. The third kappa shape index (κ3) is 2.15. The van der Waals surface area contributed by atoms with Crippen molar-refractivity contribution in [2.24, 2.45) is 7.05 Å². The molecule has 1 aromatic heterocycles. The second-order valence-electron chi connectivity index (χ2n) is 8.25. The number of aryl methyl sites for hydroxylation is 4. The molecular formula is C26H21N2O+. The number of benzene rings is 3. The molecule has 1 aliphatic heterocycles. The Balaban J connectivity index is 1.80. The lowest BCUT2D eigenvalue weighted by Gasteiger charge is -2.28. The summed E-state index contributed by atoms with van der Waals surface area (Å²) in [5, 5.41) is 5.04. The van der Waals surface area contributed by atoms with Gasteiger partial charge in [-0.3, -0.25) is 0 Å². The van der Waals surface area contributed by atoms with Gasteiger partial charge in [-0.1, -0.05) is 18.2 Å². The summed E-state index contributed by atoms with van der Waals surface area (Å²) in [5.74, 6) is 1.91. The fourth-order valence-corrected chi connectivity index (χ4v) is 5.34. The minimum Gasteiger partial charge on any atom is -0.455 e. The fourth-order valence-electron chi connectivity index (χ4n) is 5.34. The molecule has 2 heterocycles. The van der Waals surface area contributed by atoms with Crippen LogP contribution >= 0.6 is 0 Å². The van der Waals surface area contributed by atoms with Crippen LogP contribution in [0.3, 0.4) is 0 Å². The Hall–Kier alpha value is -3.38. The first-order valence-electron chi connectivity index (χ1n) is 10.2. The molecule has 0 saturated heterocycles. The maximum atomic E-state index is 7.28. The number of ether oxygens (including phenoxy) is 1. The first-order valence-corrected chi connectivity index (χ1v) is 10.2. The molecule has 0 amide bonds. The van der Waals surface area contributed by atoms with Gasteiger partial charge in [-0.2, -0.15) is 0 Å². The normalized spacial score (nSPS) is 13.8. The van der Waals surface area contributed by atoms with E-state index in [9.17, 15) is 0 Å². The lowest BCUT2D eigenvalue weighted by Crippen LogP contribution is -2.32. The van der Waals surface area contributed by atoms with E-state index in [1.165, 1.54) is 38.7 Å². The molecule has 6 rings (SSSR count). The highest BCUT2D eigenvalue weighted by molar-refractivity contribution is 6.07. The summed E-state index contributed by atoms with van der Waals surface area (Å²) < 4.78 is 8.90. The highest BCUT2D eigenvalue weighted by Gasteiger charge is 2.34. The standard InChI is InChI=1S/C26H21N2O/c1-15-19-8-4-6-17-7-5-9-20(23(17)19)26-22(15)25-24-18(10-11-28(25)3)12-16(14-27-2)13-21(24)29-26/h4,6,8,10-13H,5,7,9,14H2,1,3H3/q+1. The van der Waals surface area contributed by atoms with E-state index >= 15 is 0 Å². The maximum Gasteiger partial charge on any atom is 0.239 e. The molecule has 0 unspecified atom stereocenters. The molecular weight excluding hydrogens is 356 g/mol. The average Bonchev–Trinajstić information content (AvgIpc) is 2.74. The van der Waals surface area contributed by atoms with Crippen LogP contribution in [-0.4, -0.2) is 0 Å². The summed E-state index contributed by atoms with van der Waals surface area (Å²) >= 11 is 0. The molecule has 2 aliphatic rings. The van der Waals surface area contributed by atoms with Crippen molar-refractivity contribution in [1.29, 1.82) is 0 Å². The van der Waals surface area contributed by atoms with Crippen LogP contribution in [0.5, 0.6) is 11.5 Å². The number of rotatable bonds is 1. The van der Waals surface area contributed by atoms with Gasteiger partial charge in [-0.25, -0.2) is 11.1 Å². The molecule has 0 atom stereocenters. The molecule has 0 radical (unpaired) electrons. The van der Waals surface area contributed by atoms with Crippen molar-refractivity contribution in [2.75, 3.05) is 0 Å². The van der Waals surface area contributed by atoms with Gasteiger partial charge in [0.05, 0.1) is 10.9 Å². The van der Waals surface area contributed by atoms with Gasteiger partial charge in [0.25, 0.3) is 0 Å². The second kappa shape index (κ2) is 5.81. The maximum absolute atomic E-state index is 7.28. The molecule has 3 heteroatoms. The molecule has 1 aliphatic carbocycles. The van der Waals surface area contributed by atoms with Gasteiger partial charge in [0.1, 0.15) is 18.5 Å². The summed E-state index contributed by atoms with van der Waals surface area (Å²) in [5.41, 5.74) is 7.54. The van der Waals surface area contributed by atoms with Crippen molar-refractivity contribution in [3.05, 3.63) is 76.3 Å². The van der Waals surface area contributed by atoms with E-state index < -0.39 is 0 Å². The van der Waals surface area contributed by atoms with E-state index in [2.05, 4.69) is 66.0 Å². The quantitative estimate of drug-likeness (QED) is 0.266. The van der Waals surface area contributed by atoms with Crippen LogP contribution in [0.25, 0.3) is 37.6 Å². The minimum absolute atomic E-state index is 0.378. The number of hydrogen-bond donors (Lipinski definition) is 0. The smallest absolute Gasteiger partial charge is 0.239 e. The number of pyridine rings is 1. The molecule has 0 saturated carbocycles. The van der Waals surface area contributed by atoms with Crippen LogP contribution in [0.15, 0.2) is 42.6 Å². The monoisotopic (exact) mass is 377 g/mol. The lowest BCUT2D eigenvalue weighted by molar-refractivity contribution is -0.659. The predicted molar refractivity (Wildman–Crippen MR) is 115 cm³/mol. The molecule has 0 bridgehead atoms. The SMILES string of the molecule is [C-]#[N+]Cc1cc2c3c([n+](C)ccc3c1)-c1c(c3c4c(cccc4c1C)CCC3)O2. The van der Waals surface area contributed by atoms with E-state index in [1.54, 1.807) is 0 Å². The Morgan fingerprint density at radius 1 is 1.14 bits per heavy atom. The molecule has 4 aromatic rings. The Morgan fingerprint density at radius 2 is 2.03 bits per heavy atom. The van der Waals surface area contributed by atoms with Crippen molar-refractivity contribution in [2.45, 2.75) is 32.7 Å². The van der Waals surface area contributed by atoms with Crippen LogP contribution in [0.1, 0.15) is 28.7 Å². The summed E-state index contributed by atoms with van der Waals surface area (Å²) in [6.07, 6.45) is 5.47. The number of nitrogens with zero attached hydrogens (tertiary/aromatic N) is 2. The highest BCUT2D eigenvalue weighted by atomic mass is 16.5. The van der Waals surface area contributed by atoms with Gasteiger partial charge in [-0.15, -0.1) is 0 Å². The fraction of sp³-hybridized carbons (Fsp3) is 0.231. The van der Waals surface area contributed by atoms with E-state index in [4.69, 9.17) is 11.3 Å². The molecule has 0 N–H and O–H groups in total. The summed E-state index contributed by atoms with van der Waals surface area (Å²) in [6, 6.07) is 13.0. The van der Waals surface area contributed by atoms with Gasteiger partial charge in [0.15, 0.2) is 6.20 Å².